The number of hydrogen-bond donors (Lipinski definition) is 1. The van der Waals surface area contributed by atoms with E-state index in [1.165, 1.54) is 29.2 Å². The number of nitrogens with zero attached hydrogens (tertiary/aromatic N) is 7. The largest absolute Gasteiger partial charge is 0.454 e. The number of carbonyl (C=O) groups is 2. The molecule has 2 atom stereocenters. The van der Waals surface area contributed by atoms with Gasteiger partial charge < -0.3 is 43.7 Å². The fourth-order valence-electron chi connectivity index (χ4n) is 7.52. The van der Waals surface area contributed by atoms with Crippen LogP contribution < -0.4 is 19.1 Å². The van der Waals surface area contributed by atoms with Crippen LogP contribution >= 0.6 is 0 Å². The fourth-order valence-corrected chi connectivity index (χ4v) is 8.82. The first-order valence-corrected chi connectivity index (χ1v) is 19.9. The molecule has 6 aromatic rings. The summed E-state index contributed by atoms with van der Waals surface area (Å²) in [5.41, 5.74) is 4.17. The summed E-state index contributed by atoms with van der Waals surface area (Å²) in [5.74, 6) is 0.416. The van der Waals surface area contributed by atoms with Crippen LogP contribution in [0, 0.1) is 5.21 Å². The van der Waals surface area contributed by atoms with E-state index in [0.29, 0.717) is 30.2 Å². The first kappa shape index (κ1) is 37.1. The predicted octanol–water partition coefficient (Wildman–Crippen LogP) is 1.94. The van der Waals surface area contributed by atoms with Gasteiger partial charge in [0.25, 0.3) is 9.84 Å². The molecular formula is C38H36N8O11S. The molecule has 0 saturated carbocycles. The standard InChI is InChI=1S/C38H36N8O11S/c47-33-22-43(37(48)30-19-28-27-8-4-5-9-29(27)39-34(28)35(45(30)33)24-10-11-31-32(18-24)56-23-55-31)20-25-21-44(42-40-25)12-13-52-14-15-53-16-17-54-36-38(46(49)57-41-36)58(50,51)26-6-2-1-3-7-26/h1-11,18,21,30,35,39H,12-17,19-20,22-23H2/t30-,35-/m1/s1. The zero-order valence-corrected chi connectivity index (χ0v) is 31.6. The Kier molecular flexibility index (Phi) is 9.87. The van der Waals surface area contributed by atoms with E-state index in [0.717, 1.165) is 27.7 Å². The number of para-hydroxylation sites is 1. The molecule has 1 saturated heterocycles. The van der Waals surface area contributed by atoms with Gasteiger partial charge >= 0.3 is 10.9 Å². The molecule has 1 N–H and O–H groups in total. The summed E-state index contributed by atoms with van der Waals surface area (Å²) in [4.78, 5) is 34.7. The van der Waals surface area contributed by atoms with E-state index in [1.54, 1.807) is 21.8 Å². The van der Waals surface area contributed by atoms with Gasteiger partial charge in [0.05, 0.1) is 61.8 Å². The minimum absolute atomic E-state index is 0.0602. The third kappa shape index (κ3) is 6.94. The maximum absolute atomic E-state index is 14.2. The molecule has 6 heterocycles. The van der Waals surface area contributed by atoms with Crippen molar-refractivity contribution in [3.8, 4) is 17.4 Å². The van der Waals surface area contributed by atoms with Crippen molar-refractivity contribution in [3.05, 3.63) is 107 Å². The van der Waals surface area contributed by atoms with E-state index < -0.39 is 32.8 Å². The molecule has 20 heteroatoms. The minimum atomic E-state index is -4.22. The van der Waals surface area contributed by atoms with E-state index in [4.69, 9.17) is 23.7 Å². The number of carbonyl (C=O) groups excluding carboxylic acids is 2. The van der Waals surface area contributed by atoms with Gasteiger partial charge in [-0.3, -0.25) is 14.2 Å². The molecule has 1 fully saturated rings. The molecule has 0 aliphatic carbocycles. The average Bonchev–Trinajstić information content (AvgIpc) is 4.05. The molecule has 3 aliphatic rings. The molecule has 9 rings (SSSR count). The lowest BCUT2D eigenvalue weighted by molar-refractivity contribution is -0.832. The van der Waals surface area contributed by atoms with Crippen molar-refractivity contribution in [1.29, 1.82) is 0 Å². The summed E-state index contributed by atoms with van der Waals surface area (Å²) in [6.45, 7) is 1.21. The highest BCUT2D eigenvalue weighted by Gasteiger charge is 2.48. The van der Waals surface area contributed by atoms with Crippen molar-refractivity contribution < 1.29 is 51.2 Å². The molecule has 58 heavy (non-hydrogen) atoms. The monoisotopic (exact) mass is 812 g/mol. The van der Waals surface area contributed by atoms with Gasteiger partial charge in [-0.25, -0.2) is 13.1 Å². The smallest absolute Gasteiger partial charge is 0.415 e. The summed E-state index contributed by atoms with van der Waals surface area (Å²) in [6, 6.07) is 19.7. The molecule has 0 unspecified atom stereocenters. The molecule has 3 aromatic heterocycles. The lowest BCUT2D eigenvalue weighted by atomic mass is 9.86. The Hall–Kier alpha value is -6.51. The average molecular weight is 813 g/mol. The number of rotatable bonds is 15. The van der Waals surface area contributed by atoms with Crippen LogP contribution in [0.3, 0.4) is 0 Å². The topological polar surface area (TPSA) is 220 Å². The van der Waals surface area contributed by atoms with Crippen molar-refractivity contribution >= 4 is 32.6 Å². The molecule has 300 valence electrons. The van der Waals surface area contributed by atoms with Gasteiger partial charge in [-0.05, 0) is 46.4 Å². The van der Waals surface area contributed by atoms with Crippen LogP contribution in [0.4, 0.5) is 0 Å². The third-order valence-corrected chi connectivity index (χ3v) is 11.9. The second-order valence-corrected chi connectivity index (χ2v) is 15.6. The molecule has 3 aliphatic heterocycles. The van der Waals surface area contributed by atoms with E-state index in [9.17, 15) is 23.2 Å². The van der Waals surface area contributed by atoms with Crippen LogP contribution in [-0.2, 0) is 48.4 Å². The Morgan fingerprint density at radius 3 is 2.57 bits per heavy atom. The zero-order chi connectivity index (χ0) is 39.8. The number of fused-ring (bicyclic) bond motifs is 5. The molecule has 2 amide bonds. The number of aromatic nitrogens is 6. The second-order valence-electron chi connectivity index (χ2n) is 13.7. The Balaban J connectivity index is 0.763. The van der Waals surface area contributed by atoms with Crippen LogP contribution in [0.2, 0.25) is 0 Å². The number of hydrogen-bond acceptors (Lipinski definition) is 14. The molecule has 0 bridgehead atoms. The van der Waals surface area contributed by atoms with E-state index >= 15 is 0 Å². The minimum Gasteiger partial charge on any atom is -0.454 e. The number of piperazine rings is 1. The van der Waals surface area contributed by atoms with Crippen molar-refractivity contribution in [1.82, 2.24) is 34.9 Å². The number of nitrogens with one attached hydrogen (secondary N) is 1. The number of benzene rings is 3. The summed E-state index contributed by atoms with van der Waals surface area (Å²) in [7, 11) is -4.22. The van der Waals surface area contributed by atoms with Crippen LogP contribution in [0.15, 0.2) is 93.5 Å². The van der Waals surface area contributed by atoms with Crippen molar-refractivity contribution in [3.63, 3.8) is 0 Å². The maximum atomic E-state index is 14.2. The van der Waals surface area contributed by atoms with Gasteiger partial charge in [-0.15, -0.1) is 5.10 Å². The third-order valence-electron chi connectivity index (χ3n) is 10.2. The summed E-state index contributed by atoms with van der Waals surface area (Å²) >= 11 is 0. The highest BCUT2D eigenvalue weighted by atomic mass is 32.2. The molecule has 3 aromatic carbocycles. The first-order valence-electron chi connectivity index (χ1n) is 18.4. The van der Waals surface area contributed by atoms with Gasteiger partial charge in [-0.2, -0.15) is 0 Å². The highest BCUT2D eigenvalue weighted by Crippen LogP contribution is 2.45. The SMILES string of the molecule is O=C1[C@H]2Cc3c([nH]c4ccccc34)[C@@H](c3ccc4c(c3)OCO4)N2C(=O)CN1Cc1cn(CCOCCOCCOc2no[n+]([O-])c2S(=O)(=O)c2ccccc2)nn1. The Bertz CT molecular complexity index is 2590. The second kappa shape index (κ2) is 15.4. The summed E-state index contributed by atoms with van der Waals surface area (Å²) in [5, 5.41) is 24.1. The van der Waals surface area contributed by atoms with Gasteiger partial charge in [0.15, 0.2) is 11.5 Å². The van der Waals surface area contributed by atoms with Crippen LogP contribution in [0.25, 0.3) is 10.9 Å². The lowest BCUT2D eigenvalue weighted by Gasteiger charge is -2.47. The van der Waals surface area contributed by atoms with Crippen LogP contribution in [0.5, 0.6) is 17.4 Å². The Labute approximate surface area is 330 Å². The summed E-state index contributed by atoms with van der Waals surface area (Å²) in [6.07, 6.45) is 2.09. The molecule has 0 spiro atoms. The van der Waals surface area contributed by atoms with Gasteiger partial charge in [0, 0.05) is 23.0 Å². The molecule has 0 radical (unpaired) electrons. The van der Waals surface area contributed by atoms with Gasteiger partial charge in [-0.1, -0.05) is 47.7 Å². The van der Waals surface area contributed by atoms with Gasteiger partial charge in [0.2, 0.25) is 18.6 Å². The Morgan fingerprint density at radius 1 is 0.931 bits per heavy atom. The van der Waals surface area contributed by atoms with Crippen molar-refractivity contribution in [2.24, 2.45) is 0 Å². The van der Waals surface area contributed by atoms with Crippen molar-refractivity contribution in [2.75, 3.05) is 46.4 Å². The van der Waals surface area contributed by atoms with Crippen LogP contribution in [-0.4, -0.2) is 108 Å². The predicted molar refractivity (Wildman–Crippen MR) is 197 cm³/mol. The van der Waals surface area contributed by atoms with Gasteiger partial charge in [0.1, 0.15) is 24.9 Å². The number of sulfone groups is 1. The quantitative estimate of drug-likeness (QED) is 0.116. The summed E-state index contributed by atoms with van der Waals surface area (Å²) < 4.78 is 59.5. The van der Waals surface area contributed by atoms with E-state index in [-0.39, 0.29) is 74.5 Å². The Morgan fingerprint density at radius 2 is 1.71 bits per heavy atom. The highest BCUT2D eigenvalue weighted by molar-refractivity contribution is 7.91. The maximum Gasteiger partial charge on any atom is 0.415 e. The first-order chi connectivity index (χ1) is 28.3. The van der Waals surface area contributed by atoms with E-state index in [2.05, 4.69) is 25.1 Å². The lowest BCUT2D eigenvalue weighted by Crippen LogP contribution is -2.62. The number of ether oxygens (including phenoxy) is 5. The van der Waals surface area contributed by atoms with E-state index in [1.807, 2.05) is 42.5 Å². The molecule has 19 nitrogen and oxygen atoms in total. The fraction of sp³-hybridized carbons (Fsp3) is 0.316. The zero-order valence-electron chi connectivity index (χ0n) is 30.8. The molecular weight excluding hydrogens is 777 g/mol. The van der Waals surface area contributed by atoms with Crippen LogP contribution in [0.1, 0.15) is 28.6 Å². The normalized spacial score (nSPS) is 17.5. The van der Waals surface area contributed by atoms with Crippen molar-refractivity contribution in [2.45, 2.75) is 41.5 Å². The number of H-pyrrole nitrogens is 1. The number of amides is 2. The number of aromatic amines is 1.